The minimum absolute atomic E-state index is 0.0543. The summed E-state index contributed by atoms with van der Waals surface area (Å²) in [7, 11) is 0. The van der Waals surface area contributed by atoms with Gasteiger partial charge in [-0.05, 0) is 25.0 Å². The molecule has 4 heteroatoms. The molecule has 4 nitrogen and oxygen atoms in total. The van der Waals surface area contributed by atoms with Crippen molar-refractivity contribution >= 4 is 10.9 Å². The Morgan fingerprint density at radius 2 is 2.00 bits per heavy atom. The first-order valence-corrected chi connectivity index (χ1v) is 5.91. The van der Waals surface area contributed by atoms with Gasteiger partial charge in [0.25, 0.3) is 5.56 Å². The molecule has 1 heterocycles. The highest BCUT2D eigenvalue weighted by atomic mass is 16.2. The summed E-state index contributed by atoms with van der Waals surface area (Å²) in [5.74, 6) is 2.47. The molecule has 18 heavy (non-hydrogen) atoms. The summed E-state index contributed by atoms with van der Waals surface area (Å²) in [6.45, 7) is 0.187. The van der Waals surface area contributed by atoms with Crippen LogP contribution in [0.5, 0.6) is 0 Å². The second kappa shape index (κ2) is 3.88. The highest BCUT2D eigenvalue weighted by molar-refractivity contribution is 5.77. The summed E-state index contributed by atoms with van der Waals surface area (Å²) in [5.41, 5.74) is 0.118. The molecular formula is C14H12N2O2. The number of para-hydroxylation sites is 1. The van der Waals surface area contributed by atoms with Crippen LogP contribution in [0.2, 0.25) is 0 Å². The first kappa shape index (κ1) is 10.8. The van der Waals surface area contributed by atoms with Crippen molar-refractivity contribution < 1.29 is 0 Å². The Balaban J connectivity index is 2.47. The summed E-state index contributed by atoms with van der Waals surface area (Å²) in [5, 5.41) is 0.555. The standard InChI is InChI=1S/C14H12N2O2/c1-2-9-15-12-6-4-3-5-11(12)13(17)16(14(15)18)10-7-8-10/h1,3-6,10H,7-9H2. The van der Waals surface area contributed by atoms with E-state index in [1.54, 1.807) is 24.3 Å². The number of hydrogen-bond acceptors (Lipinski definition) is 2. The Hall–Kier alpha value is -2.28. The van der Waals surface area contributed by atoms with E-state index in [0.29, 0.717) is 10.9 Å². The molecule has 2 aromatic rings. The lowest BCUT2D eigenvalue weighted by Gasteiger charge is -2.11. The smallest absolute Gasteiger partial charge is 0.282 e. The number of nitrogens with zero attached hydrogens (tertiary/aromatic N) is 2. The Kier molecular flexibility index (Phi) is 2.34. The predicted molar refractivity (Wildman–Crippen MR) is 69.6 cm³/mol. The first-order valence-electron chi connectivity index (χ1n) is 5.91. The van der Waals surface area contributed by atoms with E-state index in [2.05, 4.69) is 5.92 Å². The quantitative estimate of drug-likeness (QED) is 0.739. The fourth-order valence-corrected chi connectivity index (χ4v) is 2.24. The second-order valence-corrected chi connectivity index (χ2v) is 4.50. The van der Waals surface area contributed by atoms with Crippen LogP contribution in [0.3, 0.4) is 0 Å². The number of hydrogen-bond donors (Lipinski definition) is 0. The normalized spacial score (nSPS) is 14.6. The van der Waals surface area contributed by atoms with Gasteiger partial charge in [-0.3, -0.25) is 13.9 Å². The molecule has 0 aliphatic heterocycles. The molecule has 0 N–H and O–H groups in total. The predicted octanol–water partition coefficient (Wildman–Crippen LogP) is 1.13. The molecular weight excluding hydrogens is 228 g/mol. The molecule has 0 radical (unpaired) electrons. The van der Waals surface area contributed by atoms with Crippen molar-refractivity contribution in [2.24, 2.45) is 0 Å². The maximum absolute atomic E-state index is 12.3. The van der Waals surface area contributed by atoms with Crippen molar-refractivity contribution in [3.8, 4) is 12.3 Å². The van der Waals surface area contributed by atoms with Gasteiger partial charge in [0.1, 0.15) is 0 Å². The van der Waals surface area contributed by atoms with E-state index in [4.69, 9.17) is 6.42 Å². The van der Waals surface area contributed by atoms with Crippen LogP contribution >= 0.6 is 0 Å². The van der Waals surface area contributed by atoms with E-state index in [0.717, 1.165) is 12.8 Å². The van der Waals surface area contributed by atoms with Crippen LogP contribution in [0.1, 0.15) is 18.9 Å². The topological polar surface area (TPSA) is 44.0 Å². The maximum Gasteiger partial charge on any atom is 0.332 e. The van der Waals surface area contributed by atoms with E-state index in [1.807, 2.05) is 0 Å². The first-order chi connectivity index (χ1) is 8.74. The van der Waals surface area contributed by atoms with Gasteiger partial charge in [0.2, 0.25) is 0 Å². The van der Waals surface area contributed by atoms with Gasteiger partial charge in [-0.1, -0.05) is 18.1 Å². The minimum Gasteiger partial charge on any atom is -0.282 e. The van der Waals surface area contributed by atoms with Crippen molar-refractivity contribution in [3.63, 3.8) is 0 Å². The Morgan fingerprint density at radius 3 is 2.67 bits per heavy atom. The zero-order valence-corrected chi connectivity index (χ0v) is 9.80. The summed E-state index contributed by atoms with van der Waals surface area (Å²) in [4.78, 5) is 24.6. The summed E-state index contributed by atoms with van der Waals surface area (Å²) in [6, 6.07) is 7.15. The Labute approximate surface area is 103 Å². The van der Waals surface area contributed by atoms with E-state index in [-0.39, 0.29) is 23.8 Å². The van der Waals surface area contributed by atoms with Gasteiger partial charge in [-0.25, -0.2) is 4.79 Å². The molecule has 0 atom stereocenters. The van der Waals surface area contributed by atoms with Gasteiger partial charge in [-0.2, -0.15) is 0 Å². The SMILES string of the molecule is C#CCn1c(=O)n(C2CC2)c(=O)c2ccccc21. The third-order valence-corrected chi connectivity index (χ3v) is 3.24. The van der Waals surface area contributed by atoms with E-state index < -0.39 is 0 Å². The average Bonchev–Trinajstić information content (AvgIpc) is 3.19. The number of benzene rings is 1. The third-order valence-electron chi connectivity index (χ3n) is 3.24. The van der Waals surface area contributed by atoms with Crippen LogP contribution in [0.25, 0.3) is 10.9 Å². The van der Waals surface area contributed by atoms with E-state index in [1.165, 1.54) is 9.13 Å². The van der Waals surface area contributed by atoms with Gasteiger partial charge in [-0.15, -0.1) is 6.42 Å². The Bertz CT molecular complexity index is 773. The highest BCUT2D eigenvalue weighted by Gasteiger charge is 2.28. The summed E-state index contributed by atoms with van der Waals surface area (Å²) < 4.78 is 2.84. The molecule has 3 rings (SSSR count). The number of terminal acetylenes is 1. The summed E-state index contributed by atoms with van der Waals surface area (Å²) in [6.07, 6.45) is 7.09. The fraction of sp³-hybridized carbons (Fsp3) is 0.286. The van der Waals surface area contributed by atoms with Crippen LogP contribution < -0.4 is 11.2 Å². The van der Waals surface area contributed by atoms with Gasteiger partial charge in [0.05, 0.1) is 17.4 Å². The largest absolute Gasteiger partial charge is 0.332 e. The molecule has 0 spiro atoms. The molecule has 90 valence electrons. The molecule has 1 aliphatic carbocycles. The molecule has 1 saturated carbocycles. The van der Waals surface area contributed by atoms with Gasteiger partial charge in [0.15, 0.2) is 0 Å². The molecule has 0 amide bonds. The van der Waals surface area contributed by atoms with Crippen molar-refractivity contribution in [2.45, 2.75) is 25.4 Å². The van der Waals surface area contributed by atoms with Crippen molar-refractivity contribution in [2.75, 3.05) is 0 Å². The van der Waals surface area contributed by atoms with Crippen LogP contribution in [-0.4, -0.2) is 9.13 Å². The second-order valence-electron chi connectivity index (χ2n) is 4.50. The molecule has 0 saturated heterocycles. The monoisotopic (exact) mass is 240 g/mol. The molecule has 0 unspecified atom stereocenters. The molecule has 1 aromatic heterocycles. The fourth-order valence-electron chi connectivity index (χ4n) is 2.24. The lowest BCUT2D eigenvalue weighted by molar-refractivity contribution is 0.614. The van der Waals surface area contributed by atoms with Gasteiger partial charge >= 0.3 is 5.69 Å². The van der Waals surface area contributed by atoms with E-state index >= 15 is 0 Å². The van der Waals surface area contributed by atoms with Crippen molar-refractivity contribution in [3.05, 3.63) is 45.1 Å². The van der Waals surface area contributed by atoms with Crippen LogP contribution in [0, 0.1) is 12.3 Å². The van der Waals surface area contributed by atoms with Crippen LogP contribution in [0.4, 0.5) is 0 Å². The number of rotatable bonds is 2. The Morgan fingerprint density at radius 1 is 1.28 bits per heavy atom. The number of aromatic nitrogens is 2. The highest BCUT2D eigenvalue weighted by Crippen LogP contribution is 2.32. The van der Waals surface area contributed by atoms with E-state index in [9.17, 15) is 9.59 Å². The lowest BCUT2D eigenvalue weighted by Crippen LogP contribution is -2.39. The van der Waals surface area contributed by atoms with Crippen molar-refractivity contribution in [1.29, 1.82) is 0 Å². The molecule has 0 bridgehead atoms. The third kappa shape index (κ3) is 1.48. The van der Waals surface area contributed by atoms with Crippen molar-refractivity contribution in [1.82, 2.24) is 9.13 Å². The molecule has 1 fully saturated rings. The average molecular weight is 240 g/mol. The maximum atomic E-state index is 12.3. The van der Waals surface area contributed by atoms with Gasteiger partial charge in [0, 0.05) is 6.04 Å². The molecule has 1 aliphatic rings. The molecule has 1 aromatic carbocycles. The minimum atomic E-state index is -0.292. The zero-order chi connectivity index (χ0) is 12.7. The zero-order valence-electron chi connectivity index (χ0n) is 9.80. The van der Waals surface area contributed by atoms with Crippen LogP contribution in [-0.2, 0) is 6.54 Å². The lowest BCUT2D eigenvalue weighted by atomic mass is 10.2. The summed E-state index contributed by atoms with van der Waals surface area (Å²) >= 11 is 0. The van der Waals surface area contributed by atoms with Crippen LogP contribution in [0.15, 0.2) is 33.9 Å². The van der Waals surface area contributed by atoms with Gasteiger partial charge < -0.3 is 0 Å². The number of fused-ring (bicyclic) bond motifs is 1.